The average Bonchev–Trinajstić information content (AvgIpc) is 2.41. The van der Waals surface area contributed by atoms with E-state index in [4.69, 9.17) is 11.6 Å². The molecule has 0 amide bonds. The van der Waals surface area contributed by atoms with E-state index in [1.165, 1.54) is 37.7 Å². The molecule has 1 aromatic heterocycles. The van der Waals surface area contributed by atoms with Gasteiger partial charge in [-0.1, -0.05) is 31.0 Å². The molecule has 0 atom stereocenters. The van der Waals surface area contributed by atoms with Crippen LogP contribution in [-0.2, 0) is 6.54 Å². The van der Waals surface area contributed by atoms with Crippen molar-refractivity contribution >= 4 is 11.6 Å². The fraction of sp³-hybridized carbons (Fsp3) is 0.667. The molecule has 3 heteroatoms. The fourth-order valence-corrected chi connectivity index (χ4v) is 3.02. The van der Waals surface area contributed by atoms with Gasteiger partial charge in [0.05, 0.1) is 0 Å². The summed E-state index contributed by atoms with van der Waals surface area (Å²) in [5.74, 6) is 0.965. The third kappa shape index (κ3) is 3.69. The molecule has 1 aliphatic rings. The summed E-state index contributed by atoms with van der Waals surface area (Å²) >= 11 is 5.80. The van der Waals surface area contributed by atoms with E-state index < -0.39 is 0 Å². The molecule has 1 aromatic rings. The van der Waals surface area contributed by atoms with E-state index in [2.05, 4.69) is 29.9 Å². The molecule has 1 heterocycles. The lowest BCUT2D eigenvalue weighted by Gasteiger charge is -2.34. The molecular weight excluding hydrogens is 244 g/mol. The number of rotatable bonds is 4. The molecule has 2 nitrogen and oxygen atoms in total. The van der Waals surface area contributed by atoms with Crippen LogP contribution in [0.2, 0.25) is 5.15 Å². The standard InChI is InChI=1S/C15H23ClN2/c1-3-12-4-7-14(8-5-12)18(2)11-13-6-9-15(16)17-10-13/h6,9-10,12,14H,3-5,7-8,11H2,1-2H3. The van der Waals surface area contributed by atoms with Crippen LogP contribution < -0.4 is 0 Å². The maximum Gasteiger partial charge on any atom is 0.129 e. The highest BCUT2D eigenvalue weighted by atomic mass is 35.5. The number of pyridine rings is 1. The fourth-order valence-electron chi connectivity index (χ4n) is 2.91. The second kappa shape index (κ2) is 6.53. The minimum atomic E-state index is 0.574. The number of hydrogen-bond acceptors (Lipinski definition) is 2. The number of halogens is 1. The van der Waals surface area contributed by atoms with Crippen molar-refractivity contribution in [2.75, 3.05) is 7.05 Å². The summed E-state index contributed by atoms with van der Waals surface area (Å²) in [6.45, 7) is 3.29. The van der Waals surface area contributed by atoms with Crippen molar-refractivity contribution in [3.05, 3.63) is 29.0 Å². The minimum absolute atomic E-state index is 0.574. The van der Waals surface area contributed by atoms with Crippen LogP contribution in [0.4, 0.5) is 0 Å². The quantitative estimate of drug-likeness (QED) is 0.762. The van der Waals surface area contributed by atoms with Gasteiger partial charge in [0.1, 0.15) is 5.15 Å². The second-order valence-corrected chi connectivity index (χ2v) is 5.87. The summed E-state index contributed by atoms with van der Waals surface area (Å²) in [4.78, 5) is 6.61. The smallest absolute Gasteiger partial charge is 0.129 e. The lowest BCUT2D eigenvalue weighted by atomic mass is 9.84. The molecule has 2 rings (SSSR count). The van der Waals surface area contributed by atoms with Gasteiger partial charge < -0.3 is 0 Å². The van der Waals surface area contributed by atoms with Crippen molar-refractivity contribution < 1.29 is 0 Å². The first-order valence-electron chi connectivity index (χ1n) is 6.99. The molecule has 0 unspecified atom stereocenters. The zero-order valence-corrected chi connectivity index (χ0v) is 12.2. The molecule has 1 aliphatic carbocycles. The van der Waals surface area contributed by atoms with Crippen molar-refractivity contribution in [1.29, 1.82) is 0 Å². The molecule has 0 aromatic carbocycles. The zero-order valence-electron chi connectivity index (χ0n) is 11.4. The molecule has 0 spiro atoms. The lowest BCUT2D eigenvalue weighted by Crippen LogP contribution is -2.34. The first kappa shape index (κ1) is 13.8. The third-order valence-electron chi connectivity index (χ3n) is 4.24. The Hall–Kier alpha value is -0.600. The van der Waals surface area contributed by atoms with Gasteiger partial charge in [0.25, 0.3) is 0 Å². The summed E-state index contributed by atoms with van der Waals surface area (Å²) in [6.07, 6.45) is 8.70. The Kier molecular flexibility index (Phi) is 5.02. The van der Waals surface area contributed by atoms with Gasteiger partial charge in [-0.3, -0.25) is 4.90 Å². The van der Waals surface area contributed by atoms with E-state index in [0.29, 0.717) is 5.15 Å². The SMILES string of the molecule is CCC1CCC(N(C)Cc2ccc(Cl)nc2)CC1. The van der Waals surface area contributed by atoms with E-state index in [1.807, 2.05) is 12.3 Å². The van der Waals surface area contributed by atoms with Crippen LogP contribution in [0, 0.1) is 5.92 Å². The highest BCUT2D eigenvalue weighted by Gasteiger charge is 2.22. The van der Waals surface area contributed by atoms with Crippen LogP contribution in [0.3, 0.4) is 0 Å². The molecule has 1 fully saturated rings. The highest BCUT2D eigenvalue weighted by Crippen LogP contribution is 2.29. The lowest BCUT2D eigenvalue weighted by molar-refractivity contribution is 0.157. The van der Waals surface area contributed by atoms with Crippen molar-refractivity contribution in [2.24, 2.45) is 5.92 Å². The Morgan fingerprint density at radius 3 is 2.56 bits per heavy atom. The third-order valence-corrected chi connectivity index (χ3v) is 4.46. The largest absolute Gasteiger partial charge is 0.299 e. The molecule has 1 saturated carbocycles. The molecule has 0 radical (unpaired) electrons. The van der Waals surface area contributed by atoms with Gasteiger partial charge in [0.15, 0.2) is 0 Å². The summed E-state index contributed by atoms with van der Waals surface area (Å²) in [5.41, 5.74) is 1.25. The maximum atomic E-state index is 5.80. The van der Waals surface area contributed by atoms with Gasteiger partial charge in [-0.15, -0.1) is 0 Å². The van der Waals surface area contributed by atoms with E-state index >= 15 is 0 Å². The van der Waals surface area contributed by atoms with Crippen molar-refractivity contribution in [3.63, 3.8) is 0 Å². The van der Waals surface area contributed by atoms with Gasteiger partial charge in [0.2, 0.25) is 0 Å². The number of nitrogens with zero attached hydrogens (tertiary/aromatic N) is 2. The second-order valence-electron chi connectivity index (χ2n) is 5.49. The van der Waals surface area contributed by atoms with E-state index in [1.54, 1.807) is 0 Å². The van der Waals surface area contributed by atoms with Gasteiger partial charge in [-0.2, -0.15) is 0 Å². The van der Waals surface area contributed by atoms with Gasteiger partial charge in [-0.25, -0.2) is 4.98 Å². The van der Waals surface area contributed by atoms with Crippen molar-refractivity contribution in [3.8, 4) is 0 Å². The summed E-state index contributed by atoms with van der Waals surface area (Å²) in [5, 5.41) is 0.574. The summed E-state index contributed by atoms with van der Waals surface area (Å²) < 4.78 is 0. The van der Waals surface area contributed by atoms with E-state index in [0.717, 1.165) is 18.5 Å². The molecule has 0 bridgehead atoms. The van der Waals surface area contributed by atoms with Crippen LogP contribution in [0.25, 0.3) is 0 Å². The van der Waals surface area contributed by atoms with Crippen LogP contribution >= 0.6 is 11.6 Å². The Labute approximate surface area is 115 Å². The van der Waals surface area contributed by atoms with Gasteiger partial charge in [0, 0.05) is 18.8 Å². The molecule has 100 valence electrons. The molecule has 0 saturated heterocycles. The topological polar surface area (TPSA) is 16.1 Å². The van der Waals surface area contributed by atoms with Crippen LogP contribution in [0.5, 0.6) is 0 Å². The van der Waals surface area contributed by atoms with E-state index in [9.17, 15) is 0 Å². The Morgan fingerprint density at radius 2 is 2.00 bits per heavy atom. The summed E-state index contributed by atoms with van der Waals surface area (Å²) in [7, 11) is 2.23. The first-order chi connectivity index (χ1) is 8.69. The predicted octanol–water partition coefficient (Wildman–Crippen LogP) is 4.14. The van der Waals surface area contributed by atoms with Gasteiger partial charge in [-0.05, 0) is 50.3 Å². The highest BCUT2D eigenvalue weighted by molar-refractivity contribution is 6.29. The van der Waals surface area contributed by atoms with Crippen molar-refractivity contribution in [2.45, 2.75) is 51.6 Å². The van der Waals surface area contributed by atoms with E-state index in [-0.39, 0.29) is 0 Å². The normalized spacial score (nSPS) is 24.4. The minimum Gasteiger partial charge on any atom is -0.299 e. The van der Waals surface area contributed by atoms with Crippen LogP contribution in [0.15, 0.2) is 18.3 Å². The Morgan fingerprint density at radius 1 is 1.28 bits per heavy atom. The zero-order chi connectivity index (χ0) is 13.0. The van der Waals surface area contributed by atoms with Gasteiger partial charge >= 0.3 is 0 Å². The number of aromatic nitrogens is 1. The van der Waals surface area contributed by atoms with Crippen LogP contribution in [0.1, 0.15) is 44.6 Å². The molecule has 0 N–H and O–H groups in total. The molecule has 0 aliphatic heterocycles. The Balaban J connectivity index is 1.85. The maximum absolute atomic E-state index is 5.80. The average molecular weight is 267 g/mol. The van der Waals surface area contributed by atoms with Crippen LogP contribution in [-0.4, -0.2) is 23.0 Å². The first-order valence-corrected chi connectivity index (χ1v) is 7.37. The monoisotopic (exact) mass is 266 g/mol. The van der Waals surface area contributed by atoms with Crippen molar-refractivity contribution in [1.82, 2.24) is 9.88 Å². The predicted molar refractivity (Wildman–Crippen MR) is 76.8 cm³/mol. The Bertz CT molecular complexity index is 355. The molecular formula is C15H23ClN2. The summed E-state index contributed by atoms with van der Waals surface area (Å²) in [6, 6.07) is 4.69. The molecule has 18 heavy (non-hydrogen) atoms. The number of hydrogen-bond donors (Lipinski definition) is 0.